The summed E-state index contributed by atoms with van der Waals surface area (Å²) in [7, 11) is 1.42. The minimum absolute atomic E-state index is 0.0375. The van der Waals surface area contributed by atoms with E-state index in [2.05, 4.69) is 20.9 Å². The van der Waals surface area contributed by atoms with Crippen LogP contribution in [0, 0.1) is 0 Å². The molecule has 2 aromatic heterocycles. The van der Waals surface area contributed by atoms with Gasteiger partial charge < -0.3 is 16.0 Å². The fourth-order valence-corrected chi connectivity index (χ4v) is 3.38. The second-order valence-electron chi connectivity index (χ2n) is 6.17. The highest BCUT2D eigenvalue weighted by atomic mass is 32.1. The number of amides is 2. The Morgan fingerprint density at radius 2 is 1.87 bits per heavy atom. The molecule has 0 unspecified atom stereocenters. The highest BCUT2D eigenvalue weighted by Crippen LogP contribution is 2.37. The molecule has 3 rings (SSSR count). The van der Waals surface area contributed by atoms with Gasteiger partial charge in [-0.3, -0.25) is 9.59 Å². The number of hydrogen-bond acceptors (Lipinski definition) is 5. The molecule has 0 aliphatic heterocycles. The lowest BCUT2D eigenvalue weighted by Gasteiger charge is -2.17. The van der Waals surface area contributed by atoms with Crippen molar-refractivity contribution in [1.29, 1.82) is 0 Å². The van der Waals surface area contributed by atoms with Crippen molar-refractivity contribution in [3.05, 3.63) is 70.0 Å². The summed E-state index contributed by atoms with van der Waals surface area (Å²) in [6.45, 7) is 0. The first-order chi connectivity index (χ1) is 14.3. The van der Waals surface area contributed by atoms with Crippen LogP contribution in [0.3, 0.4) is 0 Å². The number of nitrogens with zero attached hydrogens (tertiary/aromatic N) is 1. The zero-order chi connectivity index (χ0) is 21.7. The van der Waals surface area contributed by atoms with Gasteiger partial charge in [0, 0.05) is 24.2 Å². The van der Waals surface area contributed by atoms with Crippen LogP contribution in [-0.4, -0.2) is 23.8 Å². The summed E-state index contributed by atoms with van der Waals surface area (Å²) in [4.78, 5) is 28.7. The molecule has 6 nitrogen and oxygen atoms in total. The molecule has 0 fully saturated rings. The van der Waals surface area contributed by atoms with Crippen LogP contribution >= 0.6 is 11.3 Å². The molecule has 3 aromatic rings. The summed E-state index contributed by atoms with van der Waals surface area (Å²) < 4.78 is 40.4. The average molecular weight is 434 g/mol. The molecule has 0 aliphatic rings. The van der Waals surface area contributed by atoms with Gasteiger partial charge in [-0.25, -0.2) is 4.98 Å². The second kappa shape index (κ2) is 8.95. The molecule has 156 valence electrons. The number of carbonyl (C=O) groups excluding carboxylic acids is 2. The van der Waals surface area contributed by atoms with E-state index in [1.54, 1.807) is 24.3 Å². The lowest BCUT2D eigenvalue weighted by Crippen LogP contribution is -2.20. The monoisotopic (exact) mass is 434 g/mol. The molecule has 0 radical (unpaired) electrons. The lowest BCUT2D eigenvalue weighted by molar-refractivity contribution is -0.137. The highest BCUT2D eigenvalue weighted by molar-refractivity contribution is 7.10. The van der Waals surface area contributed by atoms with Gasteiger partial charge in [0.25, 0.3) is 5.91 Å². The van der Waals surface area contributed by atoms with Crippen molar-refractivity contribution in [2.24, 2.45) is 0 Å². The van der Waals surface area contributed by atoms with Crippen molar-refractivity contribution >= 4 is 40.3 Å². The van der Waals surface area contributed by atoms with Gasteiger partial charge in [0.2, 0.25) is 5.91 Å². The SMILES string of the molecule is CNC(=O)c1ccccc1Nc1cc(NC(=O)Cc2cccs2)ncc1C(F)(F)F. The third kappa shape index (κ3) is 5.15. The number of nitrogens with one attached hydrogen (secondary N) is 3. The number of hydrogen-bond donors (Lipinski definition) is 3. The first-order valence-corrected chi connectivity index (χ1v) is 9.63. The Morgan fingerprint density at radius 3 is 2.53 bits per heavy atom. The van der Waals surface area contributed by atoms with Gasteiger partial charge in [0.15, 0.2) is 0 Å². The van der Waals surface area contributed by atoms with E-state index in [4.69, 9.17) is 0 Å². The summed E-state index contributed by atoms with van der Waals surface area (Å²) >= 11 is 1.40. The Kier molecular flexibility index (Phi) is 6.36. The van der Waals surface area contributed by atoms with E-state index in [0.717, 1.165) is 10.9 Å². The van der Waals surface area contributed by atoms with E-state index in [1.807, 2.05) is 5.38 Å². The molecule has 1 aromatic carbocycles. The summed E-state index contributed by atoms with van der Waals surface area (Å²) in [6.07, 6.45) is -3.95. The smallest absolute Gasteiger partial charge is 0.355 e. The van der Waals surface area contributed by atoms with Crippen LogP contribution in [0.15, 0.2) is 54.0 Å². The fraction of sp³-hybridized carbons (Fsp3) is 0.150. The fourth-order valence-electron chi connectivity index (χ4n) is 2.68. The van der Waals surface area contributed by atoms with Gasteiger partial charge >= 0.3 is 6.18 Å². The number of halogens is 3. The zero-order valence-corrected chi connectivity index (χ0v) is 16.5. The van der Waals surface area contributed by atoms with Crippen molar-refractivity contribution in [2.75, 3.05) is 17.7 Å². The highest BCUT2D eigenvalue weighted by Gasteiger charge is 2.34. The van der Waals surface area contributed by atoms with E-state index in [0.29, 0.717) is 6.20 Å². The molecule has 3 N–H and O–H groups in total. The molecule has 0 aliphatic carbocycles. The van der Waals surface area contributed by atoms with Gasteiger partial charge in [-0.05, 0) is 23.6 Å². The Bertz CT molecular complexity index is 1050. The van der Waals surface area contributed by atoms with Crippen molar-refractivity contribution in [3.63, 3.8) is 0 Å². The number of alkyl halides is 3. The molecule has 2 heterocycles. The minimum atomic E-state index is -4.68. The second-order valence-corrected chi connectivity index (χ2v) is 7.20. The number of benzene rings is 1. The molecule has 0 saturated carbocycles. The first kappa shape index (κ1) is 21.3. The van der Waals surface area contributed by atoms with E-state index in [1.165, 1.54) is 30.5 Å². The lowest BCUT2D eigenvalue weighted by atomic mass is 10.1. The molecule has 30 heavy (non-hydrogen) atoms. The van der Waals surface area contributed by atoms with Crippen LogP contribution in [-0.2, 0) is 17.4 Å². The van der Waals surface area contributed by atoms with Crippen LogP contribution in [0.1, 0.15) is 20.8 Å². The molecule has 0 bridgehead atoms. The largest absolute Gasteiger partial charge is 0.419 e. The molecule has 10 heteroatoms. The quantitative estimate of drug-likeness (QED) is 0.536. The zero-order valence-electron chi connectivity index (χ0n) is 15.7. The number of pyridine rings is 1. The van der Waals surface area contributed by atoms with Crippen LogP contribution in [0.2, 0.25) is 0 Å². The number of thiophene rings is 1. The predicted molar refractivity (Wildman–Crippen MR) is 109 cm³/mol. The Balaban J connectivity index is 1.91. The van der Waals surface area contributed by atoms with Gasteiger partial charge in [-0.15, -0.1) is 11.3 Å². The summed E-state index contributed by atoms with van der Waals surface area (Å²) in [5, 5.41) is 9.42. The third-order valence-electron chi connectivity index (χ3n) is 4.06. The number of anilines is 3. The van der Waals surface area contributed by atoms with Crippen LogP contribution in [0.25, 0.3) is 0 Å². The van der Waals surface area contributed by atoms with Gasteiger partial charge in [-0.1, -0.05) is 18.2 Å². The molecular formula is C20H17F3N4O2S. The topological polar surface area (TPSA) is 83.1 Å². The van der Waals surface area contributed by atoms with E-state index < -0.39 is 23.6 Å². The van der Waals surface area contributed by atoms with Gasteiger partial charge in [-0.2, -0.15) is 13.2 Å². The summed E-state index contributed by atoms with van der Waals surface area (Å²) in [5.41, 5.74) is -0.997. The molecule has 0 spiro atoms. The number of para-hydroxylation sites is 1. The molecule has 0 saturated heterocycles. The van der Waals surface area contributed by atoms with Crippen LogP contribution in [0.4, 0.5) is 30.4 Å². The normalized spacial score (nSPS) is 11.1. The van der Waals surface area contributed by atoms with E-state index in [9.17, 15) is 22.8 Å². The Hall–Kier alpha value is -3.40. The molecular weight excluding hydrogens is 417 g/mol. The van der Waals surface area contributed by atoms with Crippen molar-refractivity contribution in [3.8, 4) is 0 Å². The van der Waals surface area contributed by atoms with Crippen LogP contribution in [0.5, 0.6) is 0 Å². The number of rotatable bonds is 6. The summed E-state index contributed by atoms with van der Waals surface area (Å²) in [5.74, 6) is -0.893. The summed E-state index contributed by atoms with van der Waals surface area (Å²) in [6, 6.07) is 10.8. The van der Waals surface area contributed by atoms with Crippen molar-refractivity contribution < 1.29 is 22.8 Å². The predicted octanol–water partition coefficient (Wildman–Crippen LogP) is 4.45. The van der Waals surface area contributed by atoms with Gasteiger partial charge in [0.05, 0.1) is 28.9 Å². The Labute approximate surface area is 174 Å². The Morgan fingerprint density at radius 1 is 1.10 bits per heavy atom. The minimum Gasteiger partial charge on any atom is -0.355 e. The first-order valence-electron chi connectivity index (χ1n) is 8.75. The third-order valence-corrected chi connectivity index (χ3v) is 4.94. The number of aromatic nitrogens is 1. The average Bonchev–Trinajstić information content (AvgIpc) is 3.20. The van der Waals surface area contributed by atoms with E-state index in [-0.39, 0.29) is 29.2 Å². The number of carbonyl (C=O) groups is 2. The van der Waals surface area contributed by atoms with E-state index >= 15 is 0 Å². The maximum Gasteiger partial charge on any atom is 0.419 e. The maximum absolute atomic E-state index is 13.5. The molecule has 2 amide bonds. The maximum atomic E-state index is 13.5. The van der Waals surface area contributed by atoms with Crippen molar-refractivity contribution in [1.82, 2.24) is 10.3 Å². The molecule has 0 atom stereocenters. The van der Waals surface area contributed by atoms with Gasteiger partial charge in [0.1, 0.15) is 5.82 Å². The van der Waals surface area contributed by atoms with Crippen LogP contribution < -0.4 is 16.0 Å². The standard InChI is InChI=1S/C20H17F3N4O2S/c1-24-19(29)13-6-2-3-7-15(13)26-16-10-17(25-11-14(16)20(21,22)23)27-18(28)9-12-5-4-8-30-12/h2-8,10-11H,9H2,1H3,(H,24,29)(H2,25,26,27,28). The van der Waals surface area contributed by atoms with Crippen molar-refractivity contribution in [2.45, 2.75) is 12.6 Å².